The maximum Gasteiger partial charge on any atom is 0.254 e. The Hall–Kier alpha value is -2.62. The summed E-state index contributed by atoms with van der Waals surface area (Å²) in [6.07, 6.45) is 8.53. The van der Waals surface area contributed by atoms with Crippen LogP contribution < -0.4 is 5.32 Å². The van der Waals surface area contributed by atoms with Crippen LogP contribution in [0.15, 0.2) is 53.9 Å². The van der Waals surface area contributed by atoms with E-state index in [1.165, 1.54) is 6.20 Å². The van der Waals surface area contributed by atoms with Crippen LogP contribution in [0.1, 0.15) is 28.8 Å². The Balaban J connectivity index is 1.14. The van der Waals surface area contributed by atoms with Gasteiger partial charge in [0.1, 0.15) is 0 Å². The number of carbonyl (C=O) groups is 1. The molecule has 2 aromatic heterocycles. The number of piperidine rings is 1. The molecule has 0 spiro atoms. The van der Waals surface area contributed by atoms with Crippen molar-refractivity contribution in [2.24, 2.45) is 0 Å². The normalized spacial score (nSPS) is 19.2. The Bertz CT molecular complexity index is 1090. The van der Waals surface area contributed by atoms with Crippen molar-refractivity contribution in [3.8, 4) is 0 Å². The second kappa shape index (κ2) is 8.86. The number of hydrogen-bond acceptors (Lipinski definition) is 6. The number of fused-ring (bicyclic) bond motifs is 1. The highest BCUT2D eigenvalue weighted by atomic mass is 32.2. The largest absolute Gasteiger partial charge is 0.378 e. The van der Waals surface area contributed by atoms with Gasteiger partial charge in [0.15, 0.2) is 0 Å². The lowest BCUT2D eigenvalue weighted by molar-refractivity contribution is -0.0694. The van der Waals surface area contributed by atoms with Crippen LogP contribution in [-0.2, 0) is 22.1 Å². The molecule has 5 rings (SSSR count). The van der Waals surface area contributed by atoms with Gasteiger partial charge in [0.25, 0.3) is 5.91 Å². The van der Waals surface area contributed by atoms with E-state index in [-0.39, 0.29) is 11.2 Å². The van der Waals surface area contributed by atoms with E-state index in [0.717, 1.165) is 49.6 Å². The number of hydrogen-bond donors (Lipinski definition) is 1. The quantitative estimate of drug-likeness (QED) is 0.628. The summed E-state index contributed by atoms with van der Waals surface area (Å²) in [5.74, 6) is 0.363. The second-order valence-electron chi connectivity index (χ2n) is 8.03. The van der Waals surface area contributed by atoms with Crippen LogP contribution >= 0.6 is 0 Å². The molecule has 1 atom stereocenters. The highest BCUT2D eigenvalue weighted by molar-refractivity contribution is 7.85. The van der Waals surface area contributed by atoms with Gasteiger partial charge in [-0.05, 0) is 43.6 Å². The molecule has 1 N–H and O–H groups in total. The molecule has 9 heteroatoms. The highest BCUT2D eigenvalue weighted by Gasteiger charge is 2.31. The van der Waals surface area contributed by atoms with Crippen molar-refractivity contribution in [3.63, 3.8) is 0 Å². The predicted octanol–water partition coefficient (Wildman–Crippen LogP) is 1.63. The third kappa shape index (κ3) is 4.39. The number of nitrogens with zero attached hydrogens (tertiary/aromatic N) is 4. The molecule has 2 aliphatic heterocycles. The molecule has 31 heavy (non-hydrogen) atoms. The number of amides is 1. The second-order valence-corrected chi connectivity index (χ2v) is 9.76. The van der Waals surface area contributed by atoms with E-state index in [1.54, 1.807) is 23.0 Å². The molecule has 0 saturated carbocycles. The van der Waals surface area contributed by atoms with E-state index in [1.807, 2.05) is 24.3 Å². The Labute approximate surface area is 183 Å². The summed E-state index contributed by atoms with van der Waals surface area (Å²) in [5, 5.41) is 3.11. The van der Waals surface area contributed by atoms with Crippen molar-refractivity contribution in [3.05, 3.63) is 60.2 Å². The molecule has 1 amide bonds. The molecule has 1 aromatic carbocycles. The van der Waals surface area contributed by atoms with Crippen LogP contribution in [0.25, 0.3) is 5.78 Å². The van der Waals surface area contributed by atoms with Gasteiger partial charge >= 0.3 is 0 Å². The van der Waals surface area contributed by atoms with Crippen LogP contribution in [0.5, 0.6) is 0 Å². The molecule has 0 aliphatic carbocycles. The molecule has 162 valence electrons. The monoisotopic (exact) mass is 439 g/mol. The number of imidazole rings is 1. The molecule has 2 fully saturated rings. The molecule has 2 saturated heterocycles. The van der Waals surface area contributed by atoms with Crippen LogP contribution in [0.4, 0.5) is 0 Å². The summed E-state index contributed by atoms with van der Waals surface area (Å²) in [5.41, 5.74) is 1.44. The standard InChI is InChI=1S/C22H25N5O3S/c28-21(17-12-25-22-23-7-10-27(22)13-17)24-11-16-1-3-19(4-2-16)31(29)20-5-8-26(9-6-20)18-14-30-15-18/h1-4,7,10,12-13,18,20H,5-6,8-9,11,14-15H2,(H,24,28). The Morgan fingerprint density at radius 1 is 1.16 bits per heavy atom. The summed E-state index contributed by atoms with van der Waals surface area (Å²) >= 11 is 0. The van der Waals surface area contributed by atoms with Gasteiger partial charge < -0.3 is 10.1 Å². The zero-order valence-corrected chi connectivity index (χ0v) is 18.0. The van der Waals surface area contributed by atoms with E-state index in [9.17, 15) is 9.00 Å². The van der Waals surface area contributed by atoms with Gasteiger partial charge in [-0.25, -0.2) is 9.97 Å². The van der Waals surface area contributed by atoms with E-state index in [2.05, 4.69) is 20.2 Å². The van der Waals surface area contributed by atoms with Gasteiger partial charge in [-0.3, -0.25) is 18.3 Å². The molecule has 1 unspecified atom stereocenters. The maximum absolute atomic E-state index is 13.0. The number of likely N-dealkylation sites (tertiary alicyclic amines) is 1. The summed E-state index contributed by atoms with van der Waals surface area (Å²) < 4.78 is 20.0. The maximum atomic E-state index is 13.0. The lowest BCUT2D eigenvalue weighted by Gasteiger charge is -2.41. The van der Waals surface area contributed by atoms with Gasteiger partial charge in [-0.15, -0.1) is 0 Å². The fourth-order valence-electron chi connectivity index (χ4n) is 4.04. The fraction of sp³-hybridized carbons (Fsp3) is 0.409. The molecule has 0 bridgehead atoms. The van der Waals surface area contributed by atoms with Gasteiger partial charge in [0, 0.05) is 41.5 Å². The summed E-state index contributed by atoms with van der Waals surface area (Å²) in [6, 6.07) is 8.27. The smallest absolute Gasteiger partial charge is 0.254 e. The summed E-state index contributed by atoms with van der Waals surface area (Å²) in [6.45, 7) is 4.05. The number of rotatable bonds is 6. The Morgan fingerprint density at radius 3 is 2.65 bits per heavy atom. The van der Waals surface area contributed by atoms with Crippen molar-refractivity contribution in [2.45, 2.75) is 35.6 Å². The lowest BCUT2D eigenvalue weighted by atomic mass is 10.1. The first-order valence-electron chi connectivity index (χ1n) is 10.6. The van der Waals surface area contributed by atoms with Crippen molar-refractivity contribution in [1.29, 1.82) is 0 Å². The first-order chi connectivity index (χ1) is 15.2. The number of carbonyl (C=O) groups excluding carboxylic acids is 1. The van der Waals surface area contributed by atoms with Crippen molar-refractivity contribution >= 4 is 22.5 Å². The van der Waals surface area contributed by atoms with Gasteiger partial charge in [-0.1, -0.05) is 12.1 Å². The van der Waals surface area contributed by atoms with Crippen molar-refractivity contribution in [2.75, 3.05) is 26.3 Å². The third-order valence-electron chi connectivity index (χ3n) is 6.03. The molecule has 2 aliphatic rings. The first kappa shape index (κ1) is 20.3. The summed E-state index contributed by atoms with van der Waals surface area (Å²) in [4.78, 5) is 24.0. The van der Waals surface area contributed by atoms with Crippen molar-refractivity contribution < 1.29 is 13.7 Å². The third-order valence-corrected chi connectivity index (χ3v) is 7.85. The van der Waals surface area contributed by atoms with E-state index in [0.29, 0.717) is 23.9 Å². The SMILES string of the molecule is O=C(NCc1ccc(S(=O)C2CCN(C3COC3)CC2)cc1)c1cnc2nccn2c1. The Kier molecular flexibility index (Phi) is 5.80. The number of benzene rings is 1. The molecular weight excluding hydrogens is 414 g/mol. The highest BCUT2D eigenvalue weighted by Crippen LogP contribution is 2.24. The minimum atomic E-state index is -1.00. The molecule has 4 heterocycles. The average molecular weight is 440 g/mol. The lowest BCUT2D eigenvalue weighted by Crippen LogP contribution is -2.52. The van der Waals surface area contributed by atoms with Gasteiger partial charge in [0.05, 0.1) is 35.6 Å². The number of nitrogens with one attached hydrogen (secondary N) is 1. The zero-order valence-electron chi connectivity index (χ0n) is 17.1. The first-order valence-corrected chi connectivity index (χ1v) is 11.8. The van der Waals surface area contributed by atoms with E-state index < -0.39 is 10.8 Å². The van der Waals surface area contributed by atoms with E-state index in [4.69, 9.17) is 4.74 Å². The predicted molar refractivity (Wildman–Crippen MR) is 116 cm³/mol. The molecule has 8 nitrogen and oxygen atoms in total. The van der Waals surface area contributed by atoms with E-state index >= 15 is 0 Å². The van der Waals surface area contributed by atoms with Gasteiger partial charge in [-0.2, -0.15) is 0 Å². The molecule has 3 aromatic rings. The fourth-order valence-corrected chi connectivity index (χ4v) is 5.47. The number of aromatic nitrogens is 3. The van der Waals surface area contributed by atoms with Crippen molar-refractivity contribution in [1.82, 2.24) is 24.6 Å². The zero-order chi connectivity index (χ0) is 21.2. The van der Waals surface area contributed by atoms with Crippen LogP contribution in [0, 0.1) is 0 Å². The minimum absolute atomic E-state index is 0.195. The molecular formula is C22H25N5O3S. The topological polar surface area (TPSA) is 88.8 Å². The summed E-state index contributed by atoms with van der Waals surface area (Å²) in [7, 11) is -1.00. The Morgan fingerprint density at radius 2 is 1.94 bits per heavy atom. The molecule has 0 radical (unpaired) electrons. The van der Waals surface area contributed by atoms with Gasteiger partial charge in [0.2, 0.25) is 5.78 Å². The number of ether oxygens (including phenoxy) is 1. The van der Waals surface area contributed by atoms with Crippen LogP contribution in [-0.4, -0.2) is 67.0 Å². The van der Waals surface area contributed by atoms with Crippen LogP contribution in [0.2, 0.25) is 0 Å². The minimum Gasteiger partial charge on any atom is -0.378 e. The average Bonchev–Trinajstić information content (AvgIpc) is 3.25. The van der Waals surface area contributed by atoms with Crippen LogP contribution in [0.3, 0.4) is 0 Å².